The molecule has 0 spiro atoms. The van der Waals surface area contributed by atoms with Gasteiger partial charge in [0.2, 0.25) is 0 Å². The summed E-state index contributed by atoms with van der Waals surface area (Å²) in [5, 5.41) is 0. The van der Waals surface area contributed by atoms with E-state index in [9.17, 15) is 4.79 Å². The molecule has 0 unspecified atom stereocenters. The lowest BCUT2D eigenvalue weighted by Crippen LogP contribution is -2.29. The van der Waals surface area contributed by atoms with E-state index >= 15 is 0 Å². The van der Waals surface area contributed by atoms with Crippen LogP contribution >= 0.6 is 0 Å². The van der Waals surface area contributed by atoms with Crippen LogP contribution in [0.4, 0.5) is 0 Å². The van der Waals surface area contributed by atoms with Crippen LogP contribution in [0.2, 0.25) is 0 Å². The number of hydrazine groups is 1. The molecule has 4 heteroatoms. The summed E-state index contributed by atoms with van der Waals surface area (Å²) in [4.78, 5) is 11.1. The van der Waals surface area contributed by atoms with Gasteiger partial charge in [-0.15, -0.1) is 0 Å². The number of carbonyl (C=O) groups excluding carboxylic acids is 1. The lowest BCUT2D eigenvalue weighted by Gasteiger charge is -2.06. The molecule has 0 aliphatic heterocycles. The number of nitrogens with one attached hydrogen (secondary N) is 1. The first-order valence-electron chi connectivity index (χ1n) is 4.51. The zero-order chi connectivity index (χ0) is 11.3. The van der Waals surface area contributed by atoms with Crippen LogP contribution in [0, 0.1) is 0 Å². The largest absolute Gasteiger partial charge is 0.489 e. The van der Waals surface area contributed by atoms with E-state index in [1.165, 1.54) is 0 Å². The number of hydrogen-bond donors (Lipinski definition) is 2. The van der Waals surface area contributed by atoms with Crippen molar-refractivity contribution in [1.82, 2.24) is 5.43 Å². The van der Waals surface area contributed by atoms with E-state index in [0.29, 0.717) is 17.9 Å². The third kappa shape index (κ3) is 3.44. The highest BCUT2D eigenvalue weighted by atomic mass is 16.5. The molecule has 1 amide bonds. The summed E-state index contributed by atoms with van der Waals surface area (Å²) in [7, 11) is 0. The van der Waals surface area contributed by atoms with E-state index in [1.807, 2.05) is 6.92 Å². The Morgan fingerprint density at radius 3 is 2.53 bits per heavy atom. The van der Waals surface area contributed by atoms with Crippen LogP contribution in [-0.2, 0) is 0 Å². The predicted octanol–water partition coefficient (Wildman–Crippen LogP) is 1.25. The first-order chi connectivity index (χ1) is 7.13. The lowest BCUT2D eigenvalue weighted by molar-refractivity contribution is 0.0953. The number of nitrogens with two attached hydrogens (primary N) is 1. The second-order valence-corrected chi connectivity index (χ2v) is 3.24. The Balaban J connectivity index is 2.64. The molecule has 1 rings (SSSR count). The molecule has 1 aromatic rings. The van der Waals surface area contributed by atoms with E-state index in [1.54, 1.807) is 24.3 Å². The van der Waals surface area contributed by atoms with Gasteiger partial charge >= 0.3 is 0 Å². The summed E-state index contributed by atoms with van der Waals surface area (Å²) in [5.74, 6) is 5.38. The summed E-state index contributed by atoms with van der Waals surface area (Å²) in [6.45, 7) is 6.08. The standard InChI is InChI=1S/C11H14N2O2/c1-8(2)7-15-10-5-3-9(4-6-10)11(14)13-12/h3-6H,1,7,12H2,2H3,(H,13,14). The zero-order valence-electron chi connectivity index (χ0n) is 8.62. The molecule has 15 heavy (non-hydrogen) atoms. The van der Waals surface area contributed by atoms with Crippen LogP contribution < -0.4 is 16.0 Å². The molecule has 0 bridgehead atoms. The Labute approximate surface area is 88.7 Å². The lowest BCUT2D eigenvalue weighted by atomic mass is 10.2. The number of benzene rings is 1. The van der Waals surface area contributed by atoms with E-state index in [2.05, 4.69) is 12.0 Å². The fraction of sp³-hybridized carbons (Fsp3) is 0.182. The Hall–Kier alpha value is -1.81. The molecule has 1 aromatic carbocycles. The predicted molar refractivity (Wildman–Crippen MR) is 58.4 cm³/mol. The average molecular weight is 206 g/mol. The quantitative estimate of drug-likeness (QED) is 0.337. The molecule has 4 nitrogen and oxygen atoms in total. The van der Waals surface area contributed by atoms with Crippen molar-refractivity contribution < 1.29 is 9.53 Å². The van der Waals surface area contributed by atoms with E-state index < -0.39 is 0 Å². The number of amides is 1. The first-order valence-corrected chi connectivity index (χ1v) is 4.51. The Morgan fingerprint density at radius 2 is 2.07 bits per heavy atom. The van der Waals surface area contributed by atoms with Gasteiger partial charge in [-0.2, -0.15) is 0 Å². The minimum Gasteiger partial charge on any atom is -0.489 e. The highest BCUT2D eigenvalue weighted by Gasteiger charge is 2.02. The van der Waals surface area contributed by atoms with E-state index in [4.69, 9.17) is 10.6 Å². The van der Waals surface area contributed by atoms with Crippen molar-refractivity contribution in [3.8, 4) is 5.75 Å². The highest BCUT2D eigenvalue weighted by Crippen LogP contribution is 2.12. The van der Waals surface area contributed by atoms with E-state index in [0.717, 1.165) is 5.57 Å². The summed E-state index contributed by atoms with van der Waals surface area (Å²) < 4.78 is 5.37. The van der Waals surface area contributed by atoms with Crippen LogP contribution in [-0.4, -0.2) is 12.5 Å². The molecule has 0 radical (unpaired) electrons. The third-order valence-corrected chi connectivity index (χ3v) is 1.73. The smallest absolute Gasteiger partial charge is 0.265 e. The number of carbonyl (C=O) groups is 1. The average Bonchev–Trinajstić information content (AvgIpc) is 2.26. The molecular formula is C11H14N2O2. The van der Waals surface area contributed by atoms with E-state index in [-0.39, 0.29) is 5.91 Å². The maximum Gasteiger partial charge on any atom is 0.265 e. The molecule has 0 aliphatic carbocycles. The van der Waals surface area contributed by atoms with Crippen LogP contribution in [0.25, 0.3) is 0 Å². The van der Waals surface area contributed by atoms with Crippen molar-refractivity contribution in [2.45, 2.75) is 6.92 Å². The fourth-order valence-corrected chi connectivity index (χ4v) is 0.992. The second-order valence-electron chi connectivity index (χ2n) is 3.24. The van der Waals surface area contributed by atoms with Gasteiger partial charge in [0.25, 0.3) is 5.91 Å². The molecule has 0 heterocycles. The van der Waals surface area contributed by atoms with Gasteiger partial charge < -0.3 is 4.74 Å². The van der Waals surface area contributed by atoms with Gasteiger partial charge in [0.05, 0.1) is 0 Å². The SMILES string of the molecule is C=C(C)COc1ccc(C(=O)NN)cc1. The topological polar surface area (TPSA) is 64.3 Å². The number of hydrogen-bond acceptors (Lipinski definition) is 3. The molecule has 0 fully saturated rings. The molecule has 3 N–H and O–H groups in total. The minimum atomic E-state index is -0.318. The molecule has 0 saturated heterocycles. The first kappa shape index (κ1) is 11.3. The van der Waals surface area contributed by atoms with Crippen molar-refractivity contribution in [1.29, 1.82) is 0 Å². The molecule has 0 aromatic heterocycles. The van der Waals surface area contributed by atoms with Gasteiger partial charge in [-0.25, -0.2) is 5.84 Å². The van der Waals surface area contributed by atoms with Crippen molar-refractivity contribution in [3.63, 3.8) is 0 Å². The zero-order valence-corrected chi connectivity index (χ0v) is 8.62. The van der Waals surface area contributed by atoms with Crippen molar-refractivity contribution in [2.24, 2.45) is 5.84 Å². The van der Waals surface area contributed by atoms with Crippen molar-refractivity contribution in [3.05, 3.63) is 42.0 Å². The van der Waals surface area contributed by atoms with Gasteiger partial charge in [-0.1, -0.05) is 6.58 Å². The van der Waals surface area contributed by atoms with Crippen LogP contribution in [0.5, 0.6) is 5.75 Å². The van der Waals surface area contributed by atoms with Crippen LogP contribution in [0.1, 0.15) is 17.3 Å². The summed E-state index contributed by atoms with van der Waals surface area (Å²) >= 11 is 0. The van der Waals surface area contributed by atoms with Crippen molar-refractivity contribution in [2.75, 3.05) is 6.61 Å². The van der Waals surface area contributed by atoms with Gasteiger partial charge in [0.1, 0.15) is 12.4 Å². The van der Waals surface area contributed by atoms with Gasteiger partial charge in [-0.3, -0.25) is 10.2 Å². The molecule has 0 saturated carbocycles. The molecule has 0 atom stereocenters. The van der Waals surface area contributed by atoms with Gasteiger partial charge in [0.15, 0.2) is 0 Å². The molecule has 80 valence electrons. The monoisotopic (exact) mass is 206 g/mol. The fourth-order valence-electron chi connectivity index (χ4n) is 0.992. The van der Waals surface area contributed by atoms with Crippen LogP contribution in [0.15, 0.2) is 36.4 Å². The normalized spacial score (nSPS) is 9.47. The van der Waals surface area contributed by atoms with Crippen molar-refractivity contribution >= 4 is 5.91 Å². The number of rotatable bonds is 4. The second kappa shape index (κ2) is 5.17. The minimum absolute atomic E-state index is 0.318. The molecule has 0 aliphatic rings. The van der Waals surface area contributed by atoms with Crippen LogP contribution in [0.3, 0.4) is 0 Å². The third-order valence-electron chi connectivity index (χ3n) is 1.73. The Bertz CT molecular complexity index is 357. The summed E-state index contributed by atoms with van der Waals surface area (Å²) in [6, 6.07) is 6.73. The Morgan fingerprint density at radius 1 is 1.47 bits per heavy atom. The molecular weight excluding hydrogens is 192 g/mol. The summed E-state index contributed by atoms with van der Waals surface area (Å²) in [6.07, 6.45) is 0. The summed E-state index contributed by atoms with van der Waals surface area (Å²) in [5.41, 5.74) is 3.50. The Kier molecular flexibility index (Phi) is 3.88. The maximum absolute atomic E-state index is 11.1. The van der Waals surface area contributed by atoms with Gasteiger partial charge in [-0.05, 0) is 36.8 Å². The number of ether oxygens (including phenoxy) is 1. The maximum atomic E-state index is 11.1. The number of nitrogen functional groups attached to an aromatic ring is 1. The van der Waals surface area contributed by atoms with Gasteiger partial charge in [0, 0.05) is 5.56 Å². The highest BCUT2D eigenvalue weighted by molar-refractivity contribution is 5.93.